The minimum absolute atomic E-state index is 0.00287. The summed E-state index contributed by atoms with van der Waals surface area (Å²) in [5, 5.41) is 0. The summed E-state index contributed by atoms with van der Waals surface area (Å²) in [6.07, 6.45) is 1.20. The van der Waals surface area contributed by atoms with Crippen LogP contribution in [-0.4, -0.2) is 19.3 Å². The molecule has 0 saturated heterocycles. The second-order valence-electron chi connectivity index (χ2n) is 2.44. The van der Waals surface area contributed by atoms with Gasteiger partial charge in [0.1, 0.15) is 4.32 Å². The summed E-state index contributed by atoms with van der Waals surface area (Å²) in [6, 6.07) is 8.75. The molecule has 0 fully saturated rings. The van der Waals surface area contributed by atoms with Crippen molar-refractivity contribution in [1.29, 1.82) is 0 Å². The molecule has 0 bridgehead atoms. The van der Waals surface area contributed by atoms with Crippen LogP contribution in [-0.2, 0) is 9.80 Å². The van der Waals surface area contributed by atoms with Crippen LogP contribution in [0.5, 0.6) is 0 Å². The van der Waals surface area contributed by atoms with Gasteiger partial charge in [0.2, 0.25) is 0 Å². The lowest BCUT2D eigenvalue weighted by molar-refractivity contribution is 0.566. The van der Waals surface area contributed by atoms with Gasteiger partial charge in [0, 0.05) is 11.8 Å². The van der Waals surface area contributed by atoms with Gasteiger partial charge in [-0.1, -0.05) is 41.9 Å². The van der Waals surface area contributed by atoms with Gasteiger partial charge in [0.15, 0.2) is 0 Å². The van der Waals surface area contributed by atoms with Gasteiger partial charge in [0.05, 0.1) is 9.80 Å². The second-order valence-corrected chi connectivity index (χ2v) is 5.06. The zero-order valence-corrected chi connectivity index (χ0v) is 8.10. The first kappa shape index (κ1) is 9.58. The third-order valence-corrected chi connectivity index (χ3v) is 3.31. The van der Waals surface area contributed by atoms with Gasteiger partial charge in [-0.25, -0.2) is 4.21 Å². The number of hydrogen-bond acceptors (Lipinski definition) is 1. The smallest absolute Gasteiger partial charge is 0.124 e. The summed E-state index contributed by atoms with van der Waals surface area (Å²) < 4.78 is 20.2. The van der Waals surface area contributed by atoms with Gasteiger partial charge in [0.25, 0.3) is 0 Å². The lowest BCUT2D eigenvalue weighted by atomic mass is 10.2. The van der Waals surface area contributed by atoms with E-state index >= 15 is 0 Å². The molecule has 1 aromatic rings. The van der Waals surface area contributed by atoms with Gasteiger partial charge in [-0.05, 0) is 0 Å². The predicted octanol–water partition coefficient (Wildman–Crippen LogP) is 1.79. The average molecular weight is 205 g/mol. The van der Waals surface area contributed by atoms with E-state index < -0.39 is 9.80 Å². The van der Waals surface area contributed by atoms with E-state index in [4.69, 9.17) is 16.2 Å². The molecule has 1 N–H and O–H groups in total. The quantitative estimate of drug-likeness (QED) is 0.560. The molecule has 0 spiro atoms. The van der Waals surface area contributed by atoms with Crippen molar-refractivity contribution in [3.8, 4) is 0 Å². The molecule has 0 aromatic heterocycles. The minimum atomic E-state index is -3.02. The number of rotatable bonds is 1. The van der Waals surface area contributed by atoms with Gasteiger partial charge in [-0.3, -0.25) is 0 Å². The lowest BCUT2D eigenvalue weighted by Gasteiger charge is -2.00. The molecule has 4 heteroatoms. The Labute approximate surface area is 77.0 Å². The normalized spacial score (nSPS) is 15.2. The Morgan fingerprint density at radius 2 is 1.92 bits per heavy atom. The van der Waals surface area contributed by atoms with Crippen LogP contribution in [0.25, 0.3) is 0 Å². The molecule has 0 aliphatic rings. The first-order chi connectivity index (χ1) is 5.52. The molecule has 2 nitrogen and oxygen atoms in total. The monoisotopic (exact) mass is 204 g/mol. The molecular formula is C8H9ClO2S. The van der Waals surface area contributed by atoms with Crippen LogP contribution in [0.4, 0.5) is 0 Å². The third kappa shape index (κ3) is 2.24. The van der Waals surface area contributed by atoms with Crippen LogP contribution in [0.15, 0.2) is 30.3 Å². The molecular weight excluding hydrogens is 196 g/mol. The second kappa shape index (κ2) is 3.47. The summed E-state index contributed by atoms with van der Waals surface area (Å²) in [7, 11) is -3.02. The fourth-order valence-electron chi connectivity index (χ4n) is 0.788. The first-order valence-corrected chi connectivity index (χ1v) is 5.61. The molecule has 0 amide bonds. The molecule has 1 unspecified atom stereocenters. The molecule has 0 saturated carbocycles. The Morgan fingerprint density at radius 1 is 1.42 bits per heavy atom. The Kier molecular flexibility index (Phi) is 2.77. The summed E-state index contributed by atoms with van der Waals surface area (Å²) in [5.41, 5.74) is 0.592. The highest BCUT2D eigenvalue weighted by atomic mass is 35.5. The van der Waals surface area contributed by atoms with E-state index in [2.05, 4.69) is 0 Å². The highest BCUT2D eigenvalue weighted by molar-refractivity contribution is 7.99. The van der Waals surface area contributed by atoms with E-state index in [0.29, 0.717) is 5.56 Å². The largest absolute Gasteiger partial charge is 0.312 e. The maximum Gasteiger partial charge on any atom is 0.124 e. The van der Waals surface area contributed by atoms with Crippen molar-refractivity contribution in [2.24, 2.45) is 0 Å². The van der Waals surface area contributed by atoms with Crippen molar-refractivity contribution in [3.63, 3.8) is 0 Å². The van der Waals surface area contributed by atoms with E-state index in [1.54, 1.807) is 24.3 Å². The van der Waals surface area contributed by atoms with E-state index in [9.17, 15) is 4.21 Å². The zero-order chi connectivity index (χ0) is 9.19. The van der Waals surface area contributed by atoms with Crippen molar-refractivity contribution in [3.05, 3.63) is 35.9 Å². The Balaban J connectivity index is 3.28. The Hall–Kier alpha value is -0.510. The highest BCUT2D eigenvalue weighted by Crippen LogP contribution is 2.06. The van der Waals surface area contributed by atoms with Crippen molar-refractivity contribution < 1.29 is 8.76 Å². The topological polar surface area (TPSA) is 37.3 Å². The van der Waals surface area contributed by atoms with Crippen molar-refractivity contribution in [1.82, 2.24) is 0 Å². The first-order valence-electron chi connectivity index (χ1n) is 3.31. The number of halogens is 1. The van der Waals surface area contributed by atoms with Crippen LogP contribution in [0, 0.1) is 0 Å². The molecule has 12 heavy (non-hydrogen) atoms. The highest BCUT2D eigenvalue weighted by Gasteiger charge is 2.05. The Morgan fingerprint density at radius 3 is 2.33 bits per heavy atom. The van der Waals surface area contributed by atoms with Gasteiger partial charge >= 0.3 is 0 Å². The SMILES string of the molecule is CS(=O)(O)=C(Cl)c1ccccc1. The molecule has 0 radical (unpaired) electrons. The molecule has 0 heterocycles. The van der Waals surface area contributed by atoms with E-state index in [1.165, 1.54) is 6.26 Å². The van der Waals surface area contributed by atoms with Crippen molar-refractivity contribution in [2.45, 2.75) is 0 Å². The maximum absolute atomic E-state index is 11.1. The molecule has 0 aliphatic heterocycles. The molecule has 1 rings (SSSR count). The van der Waals surface area contributed by atoms with Crippen LogP contribution in [0.1, 0.15) is 5.56 Å². The van der Waals surface area contributed by atoms with Gasteiger partial charge < -0.3 is 4.55 Å². The van der Waals surface area contributed by atoms with Crippen LogP contribution >= 0.6 is 11.6 Å². The molecule has 1 aromatic carbocycles. The molecule has 66 valence electrons. The fourth-order valence-corrected chi connectivity index (χ4v) is 1.49. The van der Waals surface area contributed by atoms with Crippen LogP contribution in [0.3, 0.4) is 0 Å². The van der Waals surface area contributed by atoms with Crippen molar-refractivity contribution >= 4 is 25.7 Å². The summed E-state index contributed by atoms with van der Waals surface area (Å²) in [6.45, 7) is 0. The summed E-state index contributed by atoms with van der Waals surface area (Å²) in [5.74, 6) is 0. The number of benzene rings is 1. The standard InChI is InChI=1S/C8H9ClO2S/c1-12(10,11)8(9)7-5-3-2-4-6-7/h2-6H,1H3,(H,10,11). The van der Waals surface area contributed by atoms with Crippen LogP contribution in [0.2, 0.25) is 0 Å². The fraction of sp³-hybridized carbons (Fsp3) is 0.125. The van der Waals surface area contributed by atoms with Gasteiger partial charge in [-0.2, -0.15) is 0 Å². The van der Waals surface area contributed by atoms with Gasteiger partial charge in [-0.15, -0.1) is 0 Å². The predicted molar refractivity (Wildman–Crippen MR) is 53.1 cm³/mol. The summed E-state index contributed by atoms with van der Waals surface area (Å²) in [4.78, 5) is 0. The lowest BCUT2D eigenvalue weighted by Crippen LogP contribution is -2.06. The van der Waals surface area contributed by atoms with E-state index in [0.717, 1.165) is 0 Å². The van der Waals surface area contributed by atoms with E-state index in [-0.39, 0.29) is 4.32 Å². The van der Waals surface area contributed by atoms with Crippen molar-refractivity contribution in [2.75, 3.05) is 6.26 Å². The maximum atomic E-state index is 11.1. The zero-order valence-electron chi connectivity index (χ0n) is 6.53. The van der Waals surface area contributed by atoms with E-state index in [1.807, 2.05) is 6.07 Å². The summed E-state index contributed by atoms with van der Waals surface area (Å²) >= 11 is 5.67. The van der Waals surface area contributed by atoms with Crippen LogP contribution < -0.4 is 0 Å². The molecule has 1 atom stereocenters. The third-order valence-electron chi connectivity index (χ3n) is 1.33. The number of hydrogen-bond donors (Lipinski definition) is 1. The molecule has 0 aliphatic carbocycles. The average Bonchev–Trinajstić information content (AvgIpc) is 2.03. The Bertz CT molecular complexity index is 369. The minimum Gasteiger partial charge on any atom is -0.312 e.